The molecular weight excluding hydrogens is 428 g/mol. The lowest BCUT2D eigenvalue weighted by Crippen LogP contribution is -2.36. The fourth-order valence-electron chi connectivity index (χ4n) is 2.78. The standard InChI is InChI=1S/C22H24N2OS.C2H2O4/c1-17(19-12-11-18-7-5-6-8-20(18)15-19)24-16-22(25)23-13-14-26-21-9-3-2-4-10-21;3-1(4)2(5)6/h2-12,15,17,24H,13-14,16H2,1H3,(H,23,25);(H,3,4)(H,5,6). The van der Waals surface area contributed by atoms with Gasteiger partial charge in [0.05, 0.1) is 6.54 Å². The van der Waals surface area contributed by atoms with Crippen LogP contribution in [0, 0.1) is 0 Å². The molecule has 0 bridgehead atoms. The number of carboxylic acid groups (broad SMARTS) is 2. The Balaban J connectivity index is 0.000000534. The normalized spacial score (nSPS) is 11.2. The third kappa shape index (κ3) is 8.79. The van der Waals surface area contributed by atoms with Crippen molar-refractivity contribution in [1.29, 1.82) is 0 Å². The van der Waals surface area contributed by atoms with Gasteiger partial charge in [0, 0.05) is 23.2 Å². The first-order valence-corrected chi connectivity index (χ1v) is 11.0. The SMILES string of the molecule is CC(NCC(=O)NCCSc1ccccc1)c1ccc2ccccc2c1.O=C(O)C(=O)O. The molecule has 8 heteroatoms. The van der Waals surface area contributed by atoms with E-state index in [1.54, 1.807) is 11.8 Å². The zero-order chi connectivity index (χ0) is 23.3. The molecule has 0 saturated heterocycles. The van der Waals surface area contributed by atoms with Gasteiger partial charge >= 0.3 is 11.9 Å². The largest absolute Gasteiger partial charge is 0.473 e. The maximum absolute atomic E-state index is 12.0. The second-order valence-corrected chi connectivity index (χ2v) is 8.00. The summed E-state index contributed by atoms with van der Waals surface area (Å²) in [6.45, 7) is 3.08. The first-order valence-electron chi connectivity index (χ1n) is 9.99. The highest BCUT2D eigenvalue weighted by molar-refractivity contribution is 7.99. The molecule has 32 heavy (non-hydrogen) atoms. The first-order chi connectivity index (χ1) is 15.4. The summed E-state index contributed by atoms with van der Waals surface area (Å²) in [5.41, 5.74) is 1.19. The molecule has 3 aromatic carbocycles. The van der Waals surface area contributed by atoms with E-state index in [0.717, 1.165) is 5.75 Å². The van der Waals surface area contributed by atoms with Gasteiger partial charge in [-0.05, 0) is 41.5 Å². The van der Waals surface area contributed by atoms with Gasteiger partial charge in [0.15, 0.2) is 0 Å². The Hall–Kier alpha value is -3.36. The number of carbonyl (C=O) groups excluding carboxylic acids is 1. The number of amides is 1. The van der Waals surface area contributed by atoms with E-state index < -0.39 is 11.9 Å². The highest BCUT2D eigenvalue weighted by Crippen LogP contribution is 2.20. The Labute approximate surface area is 190 Å². The van der Waals surface area contributed by atoms with E-state index in [1.807, 2.05) is 30.3 Å². The number of thioether (sulfide) groups is 1. The minimum atomic E-state index is -1.82. The van der Waals surface area contributed by atoms with Crippen LogP contribution in [0.3, 0.4) is 0 Å². The Morgan fingerprint density at radius 2 is 1.50 bits per heavy atom. The molecule has 0 saturated carbocycles. The molecule has 168 valence electrons. The van der Waals surface area contributed by atoms with Crippen molar-refractivity contribution in [3.8, 4) is 0 Å². The molecule has 0 radical (unpaired) electrons. The van der Waals surface area contributed by atoms with Crippen LogP contribution in [-0.2, 0) is 14.4 Å². The summed E-state index contributed by atoms with van der Waals surface area (Å²) in [5, 5.41) is 23.5. The van der Waals surface area contributed by atoms with E-state index in [0.29, 0.717) is 13.1 Å². The lowest BCUT2D eigenvalue weighted by Gasteiger charge is -2.15. The van der Waals surface area contributed by atoms with Crippen LogP contribution in [-0.4, -0.2) is 46.9 Å². The van der Waals surface area contributed by atoms with Crippen LogP contribution >= 0.6 is 11.8 Å². The highest BCUT2D eigenvalue weighted by atomic mass is 32.2. The van der Waals surface area contributed by atoms with Gasteiger partial charge < -0.3 is 20.8 Å². The van der Waals surface area contributed by atoms with Crippen molar-refractivity contribution in [1.82, 2.24) is 10.6 Å². The van der Waals surface area contributed by atoms with Crippen LogP contribution in [0.5, 0.6) is 0 Å². The van der Waals surface area contributed by atoms with Crippen molar-refractivity contribution in [2.45, 2.75) is 17.9 Å². The van der Waals surface area contributed by atoms with E-state index in [-0.39, 0.29) is 11.9 Å². The summed E-state index contributed by atoms with van der Waals surface area (Å²) in [5.74, 6) is -2.74. The van der Waals surface area contributed by atoms with Gasteiger partial charge in [-0.25, -0.2) is 9.59 Å². The van der Waals surface area contributed by atoms with Gasteiger partial charge in [0.25, 0.3) is 0 Å². The van der Waals surface area contributed by atoms with Crippen molar-refractivity contribution >= 4 is 40.4 Å². The predicted molar refractivity (Wildman–Crippen MR) is 126 cm³/mol. The van der Waals surface area contributed by atoms with Crippen molar-refractivity contribution in [3.63, 3.8) is 0 Å². The zero-order valence-electron chi connectivity index (χ0n) is 17.7. The molecule has 3 aromatic rings. The number of fused-ring (bicyclic) bond motifs is 1. The molecule has 0 aliphatic carbocycles. The minimum Gasteiger partial charge on any atom is -0.473 e. The van der Waals surface area contributed by atoms with Crippen molar-refractivity contribution < 1.29 is 24.6 Å². The average Bonchev–Trinajstić information content (AvgIpc) is 2.81. The summed E-state index contributed by atoms with van der Waals surface area (Å²) < 4.78 is 0. The lowest BCUT2D eigenvalue weighted by atomic mass is 10.0. The summed E-state index contributed by atoms with van der Waals surface area (Å²) in [4.78, 5) is 31.4. The second-order valence-electron chi connectivity index (χ2n) is 6.83. The molecule has 1 atom stereocenters. The molecule has 1 amide bonds. The van der Waals surface area contributed by atoms with Crippen LogP contribution in [0.1, 0.15) is 18.5 Å². The molecule has 0 fully saturated rings. The third-order valence-electron chi connectivity index (χ3n) is 4.46. The average molecular weight is 455 g/mol. The molecule has 7 nitrogen and oxygen atoms in total. The number of carbonyl (C=O) groups is 3. The Bertz CT molecular complexity index is 1030. The lowest BCUT2D eigenvalue weighted by molar-refractivity contribution is -0.159. The van der Waals surface area contributed by atoms with Crippen molar-refractivity contribution in [2.24, 2.45) is 0 Å². The van der Waals surface area contributed by atoms with Gasteiger partial charge in [-0.1, -0.05) is 54.6 Å². The van der Waals surface area contributed by atoms with Gasteiger partial charge in [0.2, 0.25) is 5.91 Å². The predicted octanol–water partition coefficient (Wildman–Crippen LogP) is 3.55. The van der Waals surface area contributed by atoms with E-state index in [2.05, 4.69) is 60.0 Å². The first kappa shape index (κ1) is 24.9. The van der Waals surface area contributed by atoms with E-state index in [1.165, 1.54) is 21.2 Å². The quantitative estimate of drug-likeness (QED) is 0.234. The second kappa shape index (κ2) is 13.1. The van der Waals surface area contributed by atoms with Crippen LogP contribution in [0.25, 0.3) is 10.8 Å². The fourth-order valence-corrected chi connectivity index (χ4v) is 3.57. The molecule has 0 aliphatic rings. The van der Waals surface area contributed by atoms with Crippen LogP contribution < -0.4 is 10.6 Å². The minimum absolute atomic E-state index is 0.0336. The summed E-state index contributed by atoms with van der Waals surface area (Å²) in [6, 6.07) is 25.1. The number of nitrogens with one attached hydrogen (secondary N) is 2. The summed E-state index contributed by atoms with van der Waals surface area (Å²) in [7, 11) is 0. The Morgan fingerprint density at radius 3 is 2.16 bits per heavy atom. The summed E-state index contributed by atoms with van der Waals surface area (Å²) in [6.07, 6.45) is 0. The number of carboxylic acids is 2. The number of hydrogen-bond donors (Lipinski definition) is 4. The summed E-state index contributed by atoms with van der Waals surface area (Å²) >= 11 is 1.75. The zero-order valence-corrected chi connectivity index (χ0v) is 18.5. The van der Waals surface area contributed by atoms with E-state index in [9.17, 15) is 4.79 Å². The molecule has 0 aromatic heterocycles. The molecular formula is C24H26N2O5S. The van der Waals surface area contributed by atoms with Gasteiger partial charge in [-0.3, -0.25) is 4.79 Å². The van der Waals surface area contributed by atoms with Gasteiger partial charge in [-0.15, -0.1) is 11.8 Å². The van der Waals surface area contributed by atoms with Crippen LogP contribution in [0.2, 0.25) is 0 Å². The maximum atomic E-state index is 12.0. The highest BCUT2D eigenvalue weighted by Gasteiger charge is 2.08. The Morgan fingerprint density at radius 1 is 0.875 bits per heavy atom. The van der Waals surface area contributed by atoms with Crippen LogP contribution in [0.15, 0.2) is 77.7 Å². The van der Waals surface area contributed by atoms with Crippen LogP contribution in [0.4, 0.5) is 0 Å². The monoisotopic (exact) mass is 454 g/mol. The fraction of sp³-hybridized carbons (Fsp3) is 0.208. The topological polar surface area (TPSA) is 116 Å². The third-order valence-corrected chi connectivity index (χ3v) is 5.48. The van der Waals surface area contributed by atoms with Gasteiger partial charge in [-0.2, -0.15) is 0 Å². The molecule has 0 heterocycles. The molecule has 3 rings (SSSR count). The van der Waals surface area contributed by atoms with Gasteiger partial charge in [0.1, 0.15) is 0 Å². The van der Waals surface area contributed by atoms with Crippen molar-refractivity contribution in [3.05, 3.63) is 78.4 Å². The molecule has 0 spiro atoms. The molecule has 0 aliphatic heterocycles. The number of rotatable bonds is 8. The van der Waals surface area contributed by atoms with Crippen molar-refractivity contribution in [2.75, 3.05) is 18.8 Å². The Kier molecular flexibility index (Phi) is 10.2. The van der Waals surface area contributed by atoms with E-state index >= 15 is 0 Å². The number of hydrogen-bond acceptors (Lipinski definition) is 5. The van der Waals surface area contributed by atoms with E-state index in [4.69, 9.17) is 19.8 Å². The number of aliphatic carboxylic acids is 2. The molecule has 4 N–H and O–H groups in total. The molecule has 1 unspecified atom stereocenters. The smallest absolute Gasteiger partial charge is 0.414 e. The number of benzene rings is 3. The maximum Gasteiger partial charge on any atom is 0.414 e.